The second-order valence-electron chi connectivity index (χ2n) is 4.03. The summed E-state index contributed by atoms with van der Waals surface area (Å²) in [6.07, 6.45) is -0.794. The lowest BCUT2D eigenvalue weighted by Gasteiger charge is -2.32. The van der Waals surface area contributed by atoms with Crippen LogP contribution in [-0.4, -0.2) is 74.7 Å². The van der Waals surface area contributed by atoms with Gasteiger partial charge in [0.15, 0.2) is 0 Å². The van der Waals surface area contributed by atoms with Crippen molar-refractivity contribution in [3.8, 4) is 0 Å². The third-order valence-electron chi connectivity index (χ3n) is 2.66. The van der Waals surface area contributed by atoms with E-state index in [0.29, 0.717) is 6.54 Å². The lowest BCUT2D eigenvalue weighted by Crippen LogP contribution is -2.49. The number of hydrogen-bond donors (Lipinski definition) is 2. The highest BCUT2D eigenvalue weighted by Crippen LogP contribution is 1.98. The number of nitrogens with one attached hydrogen (secondary N) is 1. The highest BCUT2D eigenvalue weighted by Gasteiger charge is 2.18. The van der Waals surface area contributed by atoms with Crippen LogP contribution in [0.5, 0.6) is 0 Å². The van der Waals surface area contributed by atoms with E-state index in [4.69, 9.17) is 5.73 Å². The van der Waals surface area contributed by atoms with Gasteiger partial charge >= 0.3 is 6.09 Å². The van der Waals surface area contributed by atoms with E-state index in [2.05, 4.69) is 15.0 Å². The summed E-state index contributed by atoms with van der Waals surface area (Å²) in [5.74, 6) is 0.0807. The van der Waals surface area contributed by atoms with Crippen LogP contribution >= 0.6 is 0 Å². The molecule has 0 aromatic rings. The number of nitrogens with zero attached hydrogens (tertiary/aromatic N) is 2. The number of likely N-dealkylation sites (N-methyl/N-ethyl adjacent to an activating group) is 1. The maximum Gasteiger partial charge on any atom is 0.404 e. The second-order valence-corrected chi connectivity index (χ2v) is 4.03. The van der Waals surface area contributed by atoms with E-state index in [-0.39, 0.29) is 19.1 Å². The smallest absolute Gasteiger partial charge is 0.404 e. The van der Waals surface area contributed by atoms with Gasteiger partial charge in [-0.3, -0.25) is 4.79 Å². The summed E-state index contributed by atoms with van der Waals surface area (Å²) in [5, 5.41) is 2.91. The average Bonchev–Trinajstić information content (AvgIpc) is 2.29. The van der Waals surface area contributed by atoms with Gasteiger partial charge in [0, 0.05) is 32.7 Å². The number of piperazine rings is 1. The summed E-state index contributed by atoms with van der Waals surface area (Å²) in [6.45, 7) is 4.26. The minimum absolute atomic E-state index is 0.0807. The number of amides is 2. The van der Waals surface area contributed by atoms with E-state index >= 15 is 0 Å². The molecule has 1 rings (SSSR count). The summed E-state index contributed by atoms with van der Waals surface area (Å²) in [4.78, 5) is 26.0. The van der Waals surface area contributed by atoms with Crippen molar-refractivity contribution in [1.82, 2.24) is 15.1 Å². The molecule has 0 aromatic heterocycles. The Kier molecular flexibility index (Phi) is 5.71. The number of rotatable bonds is 5. The number of primary amides is 1. The van der Waals surface area contributed by atoms with E-state index in [1.807, 2.05) is 11.9 Å². The van der Waals surface area contributed by atoms with Crippen LogP contribution in [0.3, 0.4) is 0 Å². The topological polar surface area (TPSA) is 87.9 Å². The molecular formula is C10H20N4O3. The molecule has 1 aliphatic heterocycles. The fourth-order valence-electron chi connectivity index (χ4n) is 1.59. The van der Waals surface area contributed by atoms with Gasteiger partial charge in [-0.1, -0.05) is 0 Å². The predicted molar refractivity (Wildman–Crippen MR) is 62.5 cm³/mol. The number of nitrogens with two attached hydrogens (primary N) is 1. The maximum atomic E-state index is 11.7. The standard InChI is InChI=1S/C10H20N4O3/c1-13-3-5-14(6-4-13)9(15)8-12-2-7-17-10(11)16/h12H,2-8H2,1H3,(H2,11,16). The Labute approximate surface area is 101 Å². The Bertz CT molecular complexity index is 264. The van der Waals surface area contributed by atoms with Gasteiger partial charge in [0.2, 0.25) is 5.91 Å². The van der Waals surface area contributed by atoms with Crippen molar-refractivity contribution >= 4 is 12.0 Å². The normalized spacial score (nSPS) is 16.9. The quantitative estimate of drug-likeness (QED) is 0.571. The van der Waals surface area contributed by atoms with Gasteiger partial charge in [0.25, 0.3) is 0 Å². The second kappa shape index (κ2) is 7.08. The molecule has 7 nitrogen and oxygen atoms in total. The van der Waals surface area contributed by atoms with Crippen molar-refractivity contribution in [3.63, 3.8) is 0 Å². The molecule has 17 heavy (non-hydrogen) atoms. The van der Waals surface area contributed by atoms with Crippen molar-refractivity contribution < 1.29 is 14.3 Å². The summed E-state index contributed by atoms with van der Waals surface area (Å²) in [6, 6.07) is 0. The Balaban J connectivity index is 2.06. The first-order chi connectivity index (χ1) is 8.09. The third kappa shape index (κ3) is 5.50. The van der Waals surface area contributed by atoms with Gasteiger partial charge in [-0.15, -0.1) is 0 Å². The molecule has 0 saturated carbocycles. The summed E-state index contributed by atoms with van der Waals surface area (Å²) in [5.41, 5.74) is 4.80. The van der Waals surface area contributed by atoms with E-state index < -0.39 is 6.09 Å². The number of carbonyl (C=O) groups excluding carboxylic acids is 2. The molecule has 3 N–H and O–H groups in total. The van der Waals surface area contributed by atoms with Crippen LogP contribution in [0.1, 0.15) is 0 Å². The summed E-state index contributed by atoms with van der Waals surface area (Å²) < 4.78 is 4.53. The average molecular weight is 244 g/mol. The fraction of sp³-hybridized carbons (Fsp3) is 0.800. The van der Waals surface area contributed by atoms with Gasteiger partial charge in [-0.2, -0.15) is 0 Å². The first-order valence-corrected chi connectivity index (χ1v) is 5.69. The van der Waals surface area contributed by atoms with E-state index in [0.717, 1.165) is 26.2 Å². The van der Waals surface area contributed by atoms with E-state index in [1.54, 1.807) is 0 Å². The first kappa shape index (κ1) is 13.7. The zero-order chi connectivity index (χ0) is 12.7. The Morgan fingerprint density at radius 1 is 1.29 bits per heavy atom. The molecule has 2 amide bonds. The largest absolute Gasteiger partial charge is 0.448 e. The van der Waals surface area contributed by atoms with Crippen LogP contribution in [0, 0.1) is 0 Å². The van der Waals surface area contributed by atoms with Crippen molar-refractivity contribution in [3.05, 3.63) is 0 Å². The minimum atomic E-state index is -0.794. The number of carbonyl (C=O) groups is 2. The number of ether oxygens (including phenoxy) is 1. The molecule has 0 aromatic carbocycles. The molecule has 1 fully saturated rings. The molecule has 7 heteroatoms. The highest BCUT2D eigenvalue weighted by atomic mass is 16.5. The fourth-order valence-corrected chi connectivity index (χ4v) is 1.59. The molecule has 0 spiro atoms. The molecule has 1 aliphatic rings. The Morgan fingerprint density at radius 2 is 1.94 bits per heavy atom. The SMILES string of the molecule is CN1CCN(C(=O)CNCCOC(N)=O)CC1. The molecule has 0 unspecified atom stereocenters. The van der Waals surface area contributed by atoms with Gasteiger partial charge < -0.3 is 25.6 Å². The summed E-state index contributed by atoms with van der Waals surface area (Å²) in [7, 11) is 2.04. The highest BCUT2D eigenvalue weighted by molar-refractivity contribution is 5.78. The maximum absolute atomic E-state index is 11.7. The van der Waals surface area contributed by atoms with Crippen molar-refractivity contribution in [2.45, 2.75) is 0 Å². The van der Waals surface area contributed by atoms with E-state index in [1.165, 1.54) is 0 Å². The van der Waals surface area contributed by atoms with Gasteiger partial charge in [0.1, 0.15) is 6.61 Å². The molecule has 0 atom stereocenters. The first-order valence-electron chi connectivity index (χ1n) is 5.69. The monoisotopic (exact) mass is 244 g/mol. The van der Waals surface area contributed by atoms with Crippen molar-refractivity contribution in [2.75, 3.05) is 52.9 Å². The zero-order valence-corrected chi connectivity index (χ0v) is 10.1. The lowest BCUT2D eigenvalue weighted by molar-refractivity contribution is -0.131. The predicted octanol–water partition coefficient (Wildman–Crippen LogP) is -1.55. The Morgan fingerprint density at radius 3 is 2.53 bits per heavy atom. The minimum Gasteiger partial charge on any atom is -0.448 e. The van der Waals surface area contributed by atoms with Gasteiger partial charge in [-0.25, -0.2) is 4.79 Å². The molecule has 98 valence electrons. The van der Waals surface area contributed by atoms with Crippen molar-refractivity contribution in [1.29, 1.82) is 0 Å². The zero-order valence-electron chi connectivity index (χ0n) is 10.1. The number of hydrogen-bond acceptors (Lipinski definition) is 5. The van der Waals surface area contributed by atoms with Crippen LogP contribution < -0.4 is 11.1 Å². The lowest BCUT2D eigenvalue weighted by atomic mass is 10.3. The molecule has 1 saturated heterocycles. The van der Waals surface area contributed by atoms with Crippen LogP contribution in [0.15, 0.2) is 0 Å². The molecule has 1 heterocycles. The van der Waals surface area contributed by atoms with Crippen molar-refractivity contribution in [2.24, 2.45) is 5.73 Å². The van der Waals surface area contributed by atoms with Gasteiger partial charge in [0.05, 0.1) is 6.54 Å². The third-order valence-corrected chi connectivity index (χ3v) is 2.66. The molecule has 0 bridgehead atoms. The summed E-state index contributed by atoms with van der Waals surface area (Å²) >= 11 is 0. The van der Waals surface area contributed by atoms with Crippen LogP contribution in [0.4, 0.5) is 4.79 Å². The Hall–Kier alpha value is -1.34. The van der Waals surface area contributed by atoms with E-state index in [9.17, 15) is 9.59 Å². The van der Waals surface area contributed by atoms with Crippen LogP contribution in [0.2, 0.25) is 0 Å². The molecule has 0 aliphatic carbocycles. The van der Waals surface area contributed by atoms with Crippen LogP contribution in [-0.2, 0) is 9.53 Å². The van der Waals surface area contributed by atoms with Crippen LogP contribution in [0.25, 0.3) is 0 Å². The molecule has 0 radical (unpaired) electrons. The van der Waals surface area contributed by atoms with Gasteiger partial charge in [-0.05, 0) is 7.05 Å². The molecular weight excluding hydrogens is 224 g/mol.